The van der Waals surface area contributed by atoms with Gasteiger partial charge in [0.25, 0.3) is 0 Å². The number of nitrogens with two attached hydrogens (primary N) is 1. The van der Waals surface area contributed by atoms with Crippen molar-refractivity contribution in [1.82, 2.24) is 9.55 Å². The third kappa shape index (κ3) is 2.50. The third-order valence-corrected chi connectivity index (χ3v) is 3.41. The van der Waals surface area contributed by atoms with E-state index in [1.165, 1.54) is 5.56 Å². The number of hydrogen-bond donors (Lipinski definition) is 1. The number of rotatable bonds is 4. The van der Waals surface area contributed by atoms with Crippen molar-refractivity contribution in [3.8, 4) is 11.3 Å². The molecule has 19 heavy (non-hydrogen) atoms. The summed E-state index contributed by atoms with van der Waals surface area (Å²) in [6.07, 6.45) is 2.05. The number of imidazole rings is 1. The molecule has 0 fully saturated rings. The van der Waals surface area contributed by atoms with Gasteiger partial charge < -0.3 is 10.3 Å². The van der Waals surface area contributed by atoms with Crippen molar-refractivity contribution in [1.29, 1.82) is 0 Å². The molecular formula is C16H23N3. The minimum Gasteiger partial charge on any atom is -0.383 e. The second-order valence-electron chi connectivity index (χ2n) is 5.29. The molecule has 0 saturated heterocycles. The maximum absolute atomic E-state index is 6.34. The monoisotopic (exact) mass is 257 g/mol. The van der Waals surface area contributed by atoms with Crippen LogP contribution < -0.4 is 5.73 Å². The Hall–Kier alpha value is -1.77. The maximum atomic E-state index is 6.34. The van der Waals surface area contributed by atoms with Crippen molar-refractivity contribution in [2.24, 2.45) is 0 Å². The SMILES string of the molecule is CCCc1nc(-c2ccccc2C)c(N)n1C(C)C. The molecule has 2 aromatic rings. The van der Waals surface area contributed by atoms with Crippen LogP contribution in [0.4, 0.5) is 5.82 Å². The zero-order chi connectivity index (χ0) is 14.0. The lowest BCUT2D eigenvalue weighted by molar-refractivity contribution is 0.571. The fourth-order valence-electron chi connectivity index (χ4n) is 2.51. The van der Waals surface area contributed by atoms with E-state index in [1.807, 2.05) is 12.1 Å². The van der Waals surface area contributed by atoms with Crippen LogP contribution in [0.15, 0.2) is 24.3 Å². The molecule has 1 heterocycles. The van der Waals surface area contributed by atoms with Crippen LogP contribution in [0.5, 0.6) is 0 Å². The summed E-state index contributed by atoms with van der Waals surface area (Å²) in [6, 6.07) is 8.61. The van der Waals surface area contributed by atoms with E-state index in [4.69, 9.17) is 10.7 Å². The van der Waals surface area contributed by atoms with Crippen LogP contribution in [0.25, 0.3) is 11.3 Å². The number of nitrogen functional groups attached to an aromatic ring is 1. The Bertz CT molecular complexity index is 567. The number of nitrogens with zero attached hydrogens (tertiary/aromatic N) is 2. The Kier molecular flexibility index (Phi) is 3.93. The lowest BCUT2D eigenvalue weighted by atomic mass is 10.1. The lowest BCUT2D eigenvalue weighted by Gasteiger charge is -2.13. The van der Waals surface area contributed by atoms with Gasteiger partial charge >= 0.3 is 0 Å². The zero-order valence-corrected chi connectivity index (χ0v) is 12.3. The van der Waals surface area contributed by atoms with Crippen LogP contribution in [0, 0.1) is 6.92 Å². The molecule has 0 bridgehead atoms. The summed E-state index contributed by atoms with van der Waals surface area (Å²) < 4.78 is 2.16. The molecule has 0 unspecified atom stereocenters. The van der Waals surface area contributed by atoms with Crippen LogP contribution in [-0.4, -0.2) is 9.55 Å². The third-order valence-electron chi connectivity index (χ3n) is 3.41. The average molecular weight is 257 g/mol. The molecule has 0 radical (unpaired) electrons. The van der Waals surface area contributed by atoms with Crippen molar-refractivity contribution in [3.63, 3.8) is 0 Å². The average Bonchev–Trinajstić information content (AvgIpc) is 2.67. The maximum Gasteiger partial charge on any atom is 0.131 e. The van der Waals surface area contributed by atoms with E-state index in [2.05, 4.69) is 44.4 Å². The molecule has 0 aliphatic heterocycles. The molecule has 0 aliphatic carbocycles. The van der Waals surface area contributed by atoms with E-state index < -0.39 is 0 Å². The Balaban J connectivity index is 2.59. The van der Waals surface area contributed by atoms with Gasteiger partial charge in [-0.05, 0) is 32.8 Å². The fourth-order valence-corrected chi connectivity index (χ4v) is 2.51. The summed E-state index contributed by atoms with van der Waals surface area (Å²) in [6.45, 7) is 8.57. The first kappa shape index (κ1) is 13.7. The van der Waals surface area contributed by atoms with Gasteiger partial charge in [-0.1, -0.05) is 31.2 Å². The summed E-state index contributed by atoms with van der Waals surface area (Å²) in [5.41, 5.74) is 9.61. The highest BCUT2D eigenvalue weighted by Gasteiger charge is 2.18. The second-order valence-corrected chi connectivity index (χ2v) is 5.29. The van der Waals surface area contributed by atoms with Crippen molar-refractivity contribution < 1.29 is 0 Å². The van der Waals surface area contributed by atoms with Gasteiger partial charge in [0.2, 0.25) is 0 Å². The summed E-state index contributed by atoms with van der Waals surface area (Å²) in [5.74, 6) is 1.88. The molecule has 2 N–H and O–H groups in total. The van der Waals surface area contributed by atoms with Gasteiger partial charge in [-0.3, -0.25) is 0 Å². The highest BCUT2D eigenvalue weighted by molar-refractivity contribution is 5.73. The van der Waals surface area contributed by atoms with Crippen molar-refractivity contribution in [2.45, 2.75) is 46.6 Å². The van der Waals surface area contributed by atoms with E-state index in [0.29, 0.717) is 6.04 Å². The number of hydrogen-bond acceptors (Lipinski definition) is 2. The molecule has 1 aromatic carbocycles. The van der Waals surface area contributed by atoms with E-state index in [1.54, 1.807) is 0 Å². The highest BCUT2D eigenvalue weighted by Crippen LogP contribution is 2.31. The molecule has 0 amide bonds. The van der Waals surface area contributed by atoms with Crippen molar-refractivity contribution in [3.05, 3.63) is 35.7 Å². The summed E-state index contributed by atoms with van der Waals surface area (Å²) in [5, 5.41) is 0. The van der Waals surface area contributed by atoms with Gasteiger partial charge in [-0.25, -0.2) is 4.98 Å². The standard InChI is InChI=1S/C16H23N3/c1-5-8-14-18-15(16(17)19(14)11(2)3)13-10-7-6-9-12(13)4/h6-7,9-11H,5,8,17H2,1-4H3. The first-order valence-corrected chi connectivity index (χ1v) is 6.98. The molecule has 0 saturated carbocycles. The van der Waals surface area contributed by atoms with Gasteiger partial charge in [-0.2, -0.15) is 0 Å². The fraction of sp³-hybridized carbons (Fsp3) is 0.438. The van der Waals surface area contributed by atoms with E-state index in [9.17, 15) is 0 Å². The van der Waals surface area contributed by atoms with Crippen LogP contribution in [0.2, 0.25) is 0 Å². The van der Waals surface area contributed by atoms with Gasteiger partial charge in [0.05, 0.1) is 0 Å². The molecule has 0 spiro atoms. The quantitative estimate of drug-likeness (QED) is 0.900. The summed E-state index contributed by atoms with van der Waals surface area (Å²) in [7, 11) is 0. The highest BCUT2D eigenvalue weighted by atomic mass is 15.2. The minimum absolute atomic E-state index is 0.340. The van der Waals surface area contributed by atoms with Crippen LogP contribution in [0.3, 0.4) is 0 Å². The predicted octanol–water partition coefficient (Wildman–Crippen LogP) is 3.97. The van der Waals surface area contributed by atoms with Gasteiger partial charge in [0, 0.05) is 18.0 Å². The second kappa shape index (κ2) is 5.47. The Labute approximate surface area is 115 Å². The number of anilines is 1. The van der Waals surface area contributed by atoms with Crippen molar-refractivity contribution in [2.75, 3.05) is 5.73 Å². The largest absolute Gasteiger partial charge is 0.383 e. The van der Waals surface area contributed by atoms with Crippen LogP contribution in [0.1, 0.15) is 44.6 Å². The zero-order valence-electron chi connectivity index (χ0n) is 12.3. The molecule has 1 aromatic heterocycles. The molecule has 0 aliphatic rings. The summed E-state index contributed by atoms with van der Waals surface area (Å²) in [4.78, 5) is 4.79. The first-order chi connectivity index (χ1) is 9.06. The smallest absolute Gasteiger partial charge is 0.131 e. The van der Waals surface area contributed by atoms with Crippen molar-refractivity contribution >= 4 is 5.82 Å². The first-order valence-electron chi connectivity index (χ1n) is 6.98. The Morgan fingerprint density at radius 3 is 2.53 bits per heavy atom. The van der Waals surface area contributed by atoms with Gasteiger partial charge in [0.1, 0.15) is 17.3 Å². The number of aromatic nitrogens is 2. The van der Waals surface area contributed by atoms with Gasteiger partial charge in [0.15, 0.2) is 0 Å². The molecule has 3 heteroatoms. The lowest BCUT2D eigenvalue weighted by Crippen LogP contribution is -2.09. The summed E-state index contributed by atoms with van der Waals surface area (Å²) >= 11 is 0. The Morgan fingerprint density at radius 2 is 1.95 bits per heavy atom. The normalized spacial score (nSPS) is 11.2. The molecule has 2 rings (SSSR count). The van der Waals surface area contributed by atoms with Crippen LogP contribution in [-0.2, 0) is 6.42 Å². The predicted molar refractivity (Wildman–Crippen MR) is 81.2 cm³/mol. The molecule has 0 atom stereocenters. The molecule has 3 nitrogen and oxygen atoms in total. The van der Waals surface area contributed by atoms with Crippen LogP contribution >= 0.6 is 0 Å². The minimum atomic E-state index is 0.340. The topological polar surface area (TPSA) is 43.8 Å². The number of aryl methyl sites for hydroxylation is 2. The number of benzene rings is 1. The molecular weight excluding hydrogens is 234 g/mol. The van der Waals surface area contributed by atoms with E-state index in [-0.39, 0.29) is 0 Å². The van der Waals surface area contributed by atoms with E-state index >= 15 is 0 Å². The van der Waals surface area contributed by atoms with Gasteiger partial charge in [-0.15, -0.1) is 0 Å². The van der Waals surface area contributed by atoms with E-state index in [0.717, 1.165) is 35.7 Å². The molecule has 102 valence electrons. The Morgan fingerprint density at radius 1 is 1.26 bits per heavy atom.